The van der Waals surface area contributed by atoms with Crippen molar-refractivity contribution in [2.24, 2.45) is 10.9 Å². The summed E-state index contributed by atoms with van der Waals surface area (Å²) >= 11 is 2.11. The van der Waals surface area contributed by atoms with Crippen LogP contribution in [0.1, 0.15) is 31.2 Å². The molecule has 1 aliphatic carbocycles. The summed E-state index contributed by atoms with van der Waals surface area (Å²) in [6.45, 7) is 2.35. The zero-order valence-corrected chi connectivity index (χ0v) is 15.2. The molecule has 0 aromatic heterocycles. The molecule has 0 amide bonds. The van der Waals surface area contributed by atoms with Crippen molar-refractivity contribution in [2.45, 2.75) is 35.7 Å². The van der Waals surface area contributed by atoms with Crippen molar-refractivity contribution in [1.29, 1.82) is 0 Å². The number of hydrogen-bond acceptors (Lipinski definition) is 4. The van der Waals surface area contributed by atoms with Gasteiger partial charge in [-0.1, -0.05) is 25.1 Å². The van der Waals surface area contributed by atoms with Crippen molar-refractivity contribution in [3.63, 3.8) is 0 Å². The van der Waals surface area contributed by atoms with Gasteiger partial charge in [0.15, 0.2) is 11.5 Å². The third-order valence-electron chi connectivity index (χ3n) is 5.44. The zero-order chi connectivity index (χ0) is 16.7. The van der Waals surface area contributed by atoms with Crippen LogP contribution in [0.5, 0.6) is 11.5 Å². The summed E-state index contributed by atoms with van der Waals surface area (Å²) in [4.78, 5) is 4.87. The predicted molar refractivity (Wildman–Crippen MR) is 101 cm³/mol. The van der Waals surface area contributed by atoms with Crippen LogP contribution in [-0.4, -0.2) is 30.4 Å². The molecule has 0 N–H and O–H groups in total. The zero-order valence-electron chi connectivity index (χ0n) is 14.4. The quantitative estimate of drug-likeness (QED) is 0.805. The third kappa shape index (κ3) is 2.31. The molecule has 1 fully saturated rings. The molecule has 3 aliphatic rings. The second kappa shape index (κ2) is 5.99. The van der Waals surface area contributed by atoms with Gasteiger partial charge in [0.25, 0.3) is 0 Å². The van der Waals surface area contributed by atoms with E-state index in [9.17, 15) is 0 Å². The number of benzene rings is 1. The number of thioether (sulfide) groups is 1. The molecule has 4 heteroatoms. The van der Waals surface area contributed by atoms with Gasteiger partial charge in [-0.15, -0.1) is 11.8 Å². The molecule has 2 aliphatic heterocycles. The Labute approximate surface area is 147 Å². The lowest BCUT2D eigenvalue weighted by Crippen LogP contribution is -2.40. The lowest BCUT2D eigenvalue weighted by atomic mass is 9.70. The first-order valence-corrected chi connectivity index (χ1v) is 9.37. The molecule has 1 aromatic carbocycles. The average molecular weight is 341 g/mol. The van der Waals surface area contributed by atoms with Gasteiger partial charge in [0.05, 0.1) is 24.7 Å². The highest BCUT2D eigenvalue weighted by Gasteiger charge is 2.53. The van der Waals surface area contributed by atoms with Crippen LogP contribution in [0.15, 0.2) is 47.1 Å². The molecule has 3 nitrogen and oxygen atoms in total. The summed E-state index contributed by atoms with van der Waals surface area (Å²) < 4.78 is 11.0. The van der Waals surface area contributed by atoms with E-state index in [0.717, 1.165) is 17.9 Å². The minimum absolute atomic E-state index is 0.140. The van der Waals surface area contributed by atoms with Crippen molar-refractivity contribution >= 4 is 18.0 Å². The van der Waals surface area contributed by atoms with Crippen molar-refractivity contribution in [2.75, 3.05) is 14.2 Å². The molecule has 2 heterocycles. The standard InChI is InChI=1S/C20H23NO2S/c1-13-10-16-15(14-7-8-17(22-2)18(11-14)23-3)12-21-19-6-4-5-9-20(16,19)24-13/h4-8,11-13,15-16H,9-10H2,1-3H3. The average Bonchev–Trinajstić information content (AvgIpc) is 2.95. The van der Waals surface area contributed by atoms with Crippen molar-refractivity contribution < 1.29 is 9.47 Å². The van der Waals surface area contributed by atoms with Gasteiger partial charge in [-0.2, -0.15) is 0 Å². The number of nitrogens with zero attached hydrogens (tertiary/aromatic N) is 1. The van der Waals surface area contributed by atoms with E-state index >= 15 is 0 Å². The molecule has 24 heavy (non-hydrogen) atoms. The molecular weight excluding hydrogens is 318 g/mol. The highest BCUT2D eigenvalue weighted by Crippen LogP contribution is 2.60. The molecular formula is C20H23NO2S. The van der Waals surface area contributed by atoms with Crippen molar-refractivity contribution in [1.82, 2.24) is 0 Å². The number of allylic oxidation sites excluding steroid dienone is 3. The highest BCUT2D eigenvalue weighted by molar-refractivity contribution is 8.01. The van der Waals surface area contributed by atoms with Crippen LogP contribution in [0, 0.1) is 5.92 Å². The van der Waals surface area contributed by atoms with Gasteiger partial charge < -0.3 is 9.47 Å². The van der Waals surface area contributed by atoms with E-state index in [0.29, 0.717) is 17.1 Å². The van der Waals surface area contributed by atoms with Gasteiger partial charge in [0, 0.05) is 17.4 Å². The molecule has 4 atom stereocenters. The number of methoxy groups -OCH3 is 2. The normalized spacial score (nSPS) is 33.6. The van der Waals surface area contributed by atoms with E-state index in [1.54, 1.807) is 14.2 Å². The summed E-state index contributed by atoms with van der Waals surface area (Å²) in [5.74, 6) is 2.47. The highest BCUT2D eigenvalue weighted by atomic mass is 32.2. The molecule has 1 aromatic rings. The van der Waals surface area contributed by atoms with Gasteiger partial charge in [-0.05, 0) is 42.5 Å². The van der Waals surface area contributed by atoms with Crippen LogP contribution in [0.3, 0.4) is 0 Å². The SMILES string of the molecule is COc1ccc(C2C=NC3=CC=CCC34SC(C)CC24)cc1OC. The predicted octanol–water partition coefficient (Wildman–Crippen LogP) is 4.60. The second-order valence-corrected chi connectivity index (χ2v) is 8.53. The Kier molecular flexibility index (Phi) is 3.95. The van der Waals surface area contributed by atoms with Gasteiger partial charge in [-0.25, -0.2) is 0 Å². The molecule has 1 spiro atoms. The fourth-order valence-electron chi connectivity index (χ4n) is 4.37. The van der Waals surface area contributed by atoms with Crippen LogP contribution in [0.4, 0.5) is 0 Å². The number of ether oxygens (including phenoxy) is 2. The van der Waals surface area contributed by atoms with Gasteiger partial charge in [0.2, 0.25) is 0 Å². The van der Waals surface area contributed by atoms with Crippen LogP contribution in [0.25, 0.3) is 0 Å². The molecule has 4 rings (SSSR count). The Hall–Kier alpha value is -1.68. The Morgan fingerprint density at radius 3 is 2.83 bits per heavy atom. The summed E-state index contributed by atoms with van der Waals surface area (Å²) in [7, 11) is 3.37. The first kappa shape index (κ1) is 15.8. The number of aliphatic imine (C=N–C) groups is 1. The van der Waals surface area contributed by atoms with Crippen LogP contribution in [-0.2, 0) is 0 Å². The fraction of sp³-hybridized carbons (Fsp3) is 0.450. The topological polar surface area (TPSA) is 30.8 Å². The third-order valence-corrected chi connectivity index (χ3v) is 7.14. The maximum absolute atomic E-state index is 5.51. The first-order chi connectivity index (χ1) is 11.7. The van der Waals surface area contributed by atoms with E-state index < -0.39 is 0 Å². The van der Waals surface area contributed by atoms with Gasteiger partial charge in [-0.3, -0.25) is 4.99 Å². The maximum atomic E-state index is 5.51. The molecule has 126 valence electrons. The fourth-order valence-corrected chi connectivity index (χ4v) is 6.25. The summed E-state index contributed by atoms with van der Waals surface area (Å²) in [5.41, 5.74) is 2.52. The lowest BCUT2D eigenvalue weighted by molar-refractivity contribution is 0.352. The monoisotopic (exact) mass is 341 g/mol. The molecule has 0 saturated carbocycles. The van der Waals surface area contributed by atoms with Crippen molar-refractivity contribution in [3.05, 3.63) is 47.7 Å². The Balaban J connectivity index is 1.77. The van der Waals surface area contributed by atoms with Crippen molar-refractivity contribution in [3.8, 4) is 11.5 Å². The van der Waals surface area contributed by atoms with Crippen LogP contribution < -0.4 is 9.47 Å². The van der Waals surface area contributed by atoms with Crippen LogP contribution >= 0.6 is 11.8 Å². The molecule has 1 saturated heterocycles. The smallest absolute Gasteiger partial charge is 0.161 e. The van der Waals surface area contributed by atoms with E-state index in [1.807, 2.05) is 6.07 Å². The Morgan fingerprint density at radius 1 is 1.21 bits per heavy atom. The van der Waals surface area contributed by atoms with Gasteiger partial charge >= 0.3 is 0 Å². The lowest BCUT2D eigenvalue weighted by Gasteiger charge is -2.42. The Morgan fingerprint density at radius 2 is 2.04 bits per heavy atom. The maximum Gasteiger partial charge on any atom is 0.161 e. The largest absolute Gasteiger partial charge is 0.493 e. The van der Waals surface area contributed by atoms with Gasteiger partial charge in [0.1, 0.15) is 0 Å². The first-order valence-electron chi connectivity index (χ1n) is 8.49. The van der Waals surface area contributed by atoms with E-state index in [1.165, 1.54) is 17.7 Å². The minimum atomic E-state index is 0.140. The number of hydrogen-bond donors (Lipinski definition) is 0. The number of rotatable bonds is 3. The summed E-state index contributed by atoms with van der Waals surface area (Å²) in [5, 5.41) is 0.661. The van der Waals surface area contributed by atoms with E-state index in [2.05, 4.69) is 55.3 Å². The summed E-state index contributed by atoms with van der Waals surface area (Å²) in [6.07, 6.45) is 11.1. The minimum Gasteiger partial charge on any atom is -0.493 e. The van der Waals surface area contributed by atoms with E-state index in [4.69, 9.17) is 14.5 Å². The molecule has 0 bridgehead atoms. The molecule has 0 radical (unpaired) electrons. The Bertz CT molecular complexity index is 739. The van der Waals surface area contributed by atoms with E-state index in [-0.39, 0.29) is 4.75 Å². The molecule has 4 unspecified atom stereocenters. The van der Waals surface area contributed by atoms with Crippen LogP contribution in [0.2, 0.25) is 0 Å². The summed E-state index contributed by atoms with van der Waals surface area (Å²) in [6, 6.07) is 6.28. The second-order valence-electron chi connectivity index (χ2n) is 6.76.